The van der Waals surface area contributed by atoms with Crippen molar-refractivity contribution in [2.75, 3.05) is 6.61 Å². The zero-order chi connectivity index (χ0) is 14.3. The lowest BCUT2D eigenvalue weighted by Gasteiger charge is -2.24. The minimum absolute atomic E-state index is 0.000972. The summed E-state index contributed by atoms with van der Waals surface area (Å²) in [4.78, 5) is 36.1. The maximum Gasteiger partial charge on any atom is 0.373 e. The smallest absolute Gasteiger partial charge is 0.373 e. The fourth-order valence-electron chi connectivity index (χ4n) is 2.42. The van der Waals surface area contributed by atoms with E-state index in [-0.39, 0.29) is 23.9 Å². The Balaban J connectivity index is 2.40. The van der Waals surface area contributed by atoms with Gasteiger partial charge in [0.15, 0.2) is 11.9 Å². The Labute approximate surface area is 111 Å². The van der Waals surface area contributed by atoms with Crippen LogP contribution in [0.4, 0.5) is 0 Å². The molecule has 1 heterocycles. The highest BCUT2D eigenvalue weighted by molar-refractivity contribution is 6.16. The first-order chi connectivity index (χ1) is 8.90. The number of hydrogen-bond acceptors (Lipinski definition) is 5. The van der Waals surface area contributed by atoms with Gasteiger partial charge in [0.25, 0.3) is 0 Å². The summed E-state index contributed by atoms with van der Waals surface area (Å²) in [5, 5.41) is 0. The number of fused-ring (bicyclic) bond motifs is 1. The molecular formula is C14H16O5. The fourth-order valence-corrected chi connectivity index (χ4v) is 2.42. The van der Waals surface area contributed by atoms with Crippen LogP contribution < -0.4 is 0 Å². The third kappa shape index (κ3) is 1.89. The average Bonchev–Trinajstić information content (AvgIpc) is 2.72. The van der Waals surface area contributed by atoms with E-state index in [2.05, 4.69) is 0 Å². The molecule has 1 aliphatic heterocycles. The molecule has 0 fully saturated rings. The predicted octanol–water partition coefficient (Wildman–Crippen LogP) is 1.33. The Bertz CT molecular complexity index is 538. The van der Waals surface area contributed by atoms with Crippen molar-refractivity contribution in [3.05, 3.63) is 22.5 Å². The summed E-state index contributed by atoms with van der Waals surface area (Å²) < 4.78 is 10.3. The maximum atomic E-state index is 12.2. The lowest BCUT2D eigenvalue weighted by atomic mass is 9.78. The third-order valence-corrected chi connectivity index (χ3v) is 3.68. The van der Waals surface area contributed by atoms with Crippen molar-refractivity contribution in [3.63, 3.8) is 0 Å². The van der Waals surface area contributed by atoms with Crippen molar-refractivity contribution < 1.29 is 23.9 Å². The van der Waals surface area contributed by atoms with Crippen LogP contribution in [0, 0.1) is 5.92 Å². The summed E-state index contributed by atoms with van der Waals surface area (Å²) >= 11 is 0. The van der Waals surface area contributed by atoms with E-state index in [4.69, 9.17) is 9.47 Å². The van der Waals surface area contributed by atoms with Crippen molar-refractivity contribution in [2.24, 2.45) is 5.92 Å². The number of hydrogen-bond donors (Lipinski definition) is 0. The van der Waals surface area contributed by atoms with E-state index in [1.165, 1.54) is 0 Å². The minimum atomic E-state index is -0.907. The van der Waals surface area contributed by atoms with Gasteiger partial charge in [-0.3, -0.25) is 9.59 Å². The molecule has 19 heavy (non-hydrogen) atoms. The number of ether oxygens (including phenoxy) is 2. The maximum absolute atomic E-state index is 12.2. The van der Waals surface area contributed by atoms with Crippen LogP contribution >= 0.6 is 0 Å². The zero-order valence-corrected chi connectivity index (χ0v) is 11.4. The molecule has 0 saturated carbocycles. The van der Waals surface area contributed by atoms with Gasteiger partial charge in [0.1, 0.15) is 0 Å². The summed E-state index contributed by atoms with van der Waals surface area (Å²) in [6.45, 7) is 6.76. The molecule has 0 aromatic heterocycles. The Kier molecular flexibility index (Phi) is 3.30. The average molecular weight is 264 g/mol. The molecule has 1 aliphatic carbocycles. The molecule has 5 heteroatoms. The van der Waals surface area contributed by atoms with E-state index < -0.39 is 18.0 Å². The number of Topliss-reactive ketones (excluding diaryl/α,β-unsaturated/α-hetero) is 2. The molecule has 0 bridgehead atoms. The quantitative estimate of drug-likeness (QED) is 0.704. The summed E-state index contributed by atoms with van der Waals surface area (Å²) in [5.74, 6) is -1.69. The van der Waals surface area contributed by atoms with Crippen molar-refractivity contribution in [1.29, 1.82) is 0 Å². The Morgan fingerprint density at radius 1 is 1.16 bits per heavy atom. The van der Waals surface area contributed by atoms with Crippen LogP contribution in [-0.2, 0) is 23.9 Å². The molecule has 0 spiro atoms. The Morgan fingerprint density at radius 2 is 1.74 bits per heavy atom. The second-order valence-electron chi connectivity index (χ2n) is 4.73. The first-order valence-electron chi connectivity index (χ1n) is 6.20. The van der Waals surface area contributed by atoms with Crippen molar-refractivity contribution >= 4 is 17.5 Å². The molecule has 2 atom stereocenters. The van der Waals surface area contributed by atoms with Gasteiger partial charge in [0.05, 0.1) is 12.5 Å². The topological polar surface area (TPSA) is 69.7 Å². The molecule has 2 rings (SSSR count). The van der Waals surface area contributed by atoms with Crippen LogP contribution in [0.25, 0.3) is 0 Å². The predicted molar refractivity (Wildman–Crippen MR) is 66.1 cm³/mol. The third-order valence-electron chi connectivity index (χ3n) is 3.68. The van der Waals surface area contributed by atoms with E-state index in [9.17, 15) is 14.4 Å². The van der Waals surface area contributed by atoms with Gasteiger partial charge in [-0.1, -0.05) is 0 Å². The van der Waals surface area contributed by atoms with Gasteiger partial charge >= 0.3 is 5.97 Å². The highest BCUT2D eigenvalue weighted by atomic mass is 16.6. The molecule has 0 N–H and O–H groups in total. The number of esters is 1. The van der Waals surface area contributed by atoms with Gasteiger partial charge in [-0.2, -0.15) is 0 Å². The normalized spacial score (nSPS) is 26.5. The zero-order valence-electron chi connectivity index (χ0n) is 11.4. The summed E-state index contributed by atoms with van der Waals surface area (Å²) in [6.07, 6.45) is -0.907. The van der Waals surface area contributed by atoms with Crippen LogP contribution in [0.3, 0.4) is 0 Å². The van der Waals surface area contributed by atoms with Gasteiger partial charge in [0.2, 0.25) is 11.5 Å². The minimum Gasteiger partial charge on any atom is -0.474 e. The standard InChI is InChI=1S/C14H16O5/c1-5-18-14(17)12-8(4)9-10(15)6(2)7(3)11(16)13(9)19-12/h9,13H,5H2,1-4H3. The van der Waals surface area contributed by atoms with Crippen molar-refractivity contribution in [2.45, 2.75) is 33.8 Å². The van der Waals surface area contributed by atoms with E-state index in [1.807, 2.05) is 0 Å². The van der Waals surface area contributed by atoms with Gasteiger partial charge in [-0.05, 0) is 38.8 Å². The van der Waals surface area contributed by atoms with E-state index in [0.717, 1.165) is 0 Å². The Hall–Kier alpha value is -1.91. The summed E-state index contributed by atoms with van der Waals surface area (Å²) in [5.41, 5.74) is 1.33. The monoisotopic (exact) mass is 264 g/mol. The number of allylic oxidation sites excluding steroid dienone is 1. The Morgan fingerprint density at radius 3 is 2.32 bits per heavy atom. The van der Waals surface area contributed by atoms with Crippen LogP contribution in [0.15, 0.2) is 22.5 Å². The molecule has 0 saturated heterocycles. The molecule has 2 unspecified atom stereocenters. The van der Waals surface area contributed by atoms with Gasteiger partial charge < -0.3 is 9.47 Å². The molecule has 102 valence electrons. The number of ketones is 2. The molecular weight excluding hydrogens is 248 g/mol. The molecule has 2 aliphatic rings. The fraction of sp³-hybridized carbons (Fsp3) is 0.500. The number of rotatable bonds is 2. The van der Waals surface area contributed by atoms with Gasteiger partial charge in [-0.15, -0.1) is 0 Å². The largest absolute Gasteiger partial charge is 0.474 e. The van der Waals surface area contributed by atoms with E-state index >= 15 is 0 Å². The van der Waals surface area contributed by atoms with Crippen LogP contribution in [0.2, 0.25) is 0 Å². The number of carbonyl (C=O) groups excluding carboxylic acids is 3. The van der Waals surface area contributed by atoms with Crippen molar-refractivity contribution in [1.82, 2.24) is 0 Å². The first-order valence-corrected chi connectivity index (χ1v) is 6.20. The molecule has 5 nitrogen and oxygen atoms in total. The lowest BCUT2D eigenvalue weighted by molar-refractivity contribution is -0.145. The number of carbonyl (C=O) groups is 3. The molecule has 0 aromatic carbocycles. The second kappa shape index (κ2) is 4.64. The first kappa shape index (κ1) is 13.5. The van der Waals surface area contributed by atoms with E-state index in [0.29, 0.717) is 16.7 Å². The van der Waals surface area contributed by atoms with Crippen LogP contribution in [0.1, 0.15) is 27.7 Å². The highest BCUT2D eigenvalue weighted by Gasteiger charge is 2.49. The van der Waals surface area contributed by atoms with E-state index in [1.54, 1.807) is 27.7 Å². The molecule has 0 amide bonds. The second-order valence-corrected chi connectivity index (χ2v) is 4.73. The van der Waals surface area contributed by atoms with Crippen molar-refractivity contribution in [3.8, 4) is 0 Å². The molecule has 0 radical (unpaired) electrons. The van der Waals surface area contributed by atoms with Crippen LogP contribution in [-0.4, -0.2) is 30.2 Å². The van der Waals surface area contributed by atoms with Crippen LogP contribution in [0.5, 0.6) is 0 Å². The van der Waals surface area contributed by atoms with Gasteiger partial charge in [-0.25, -0.2) is 4.79 Å². The molecule has 0 aromatic rings. The van der Waals surface area contributed by atoms with Gasteiger partial charge in [0, 0.05) is 5.57 Å². The summed E-state index contributed by atoms with van der Waals surface area (Å²) in [7, 11) is 0. The summed E-state index contributed by atoms with van der Waals surface area (Å²) in [6, 6.07) is 0. The lowest BCUT2D eigenvalue weighted by Crippen LogP contribution is -2.39. The highest BCUT2D eigenvalue weighted by Crippen LogP contribution is 2.39. The SMILES string of the molecule is CCOC(=O)C1=C(C)C2C(=O)C(C)=C(C)C(=O)C2O1.